The number of para-hydroxylation sites is 3. The number of anilines is 3. The van der Waals surface area contributed by atoms with Crippen LogP contribution in [0, 0.1) is 23.7 Å². The van der Waals surface area contributed by atoms with Crippen LogP contribution in [0.15, 0.2) is 146 Å². The molecule has 0 saturated heterocycles. The van der Waals surface area contributed by atoms with Gasteiger partial charge in [-0.25, -0.2) is 4.98 Å². The molecular formula is C58H52N4O. The van der Waals surface area contributed by atoms with E-state index in [4.69, 9.17) is 9.72 Å². The average Bonchev–Trinajstić information content (AvgIpc) is 3.84. The molecule has 0 amide bonds. The van der Waals surface area contributed by atoms with Crippen molar-refractivity contribution in [1.29, 1.82) is 0 Å². The molecule has 310 valence electrons. The van der Waals surface area contributed by atoms with Crippen LogP contribution in [0.25, 0.3) is 27.6 Å². The van der Waals surface area contributed by atoms with Crippen molar-refractivity contribution in [3.8, 4) is 17.3 Å². The number of hydrogen-bond donors (Lipinski definition) is 0. The lowest BCUT2D eigenvalue weighted by atomic mass is 9.54. The van der Waals surface area contributed by atoms with Gasteiger partial charge in [0.25, 0.3) is 0 Å². The van der Waals surface area contributed by atoms with E-state index in [1.54, 1.807) is 0 Å². The Hall–Kier alpha value is -6.33. The van der Waals surface area contributed by atoms with Crippen LogP contribution in [0.3, 0.4) is 0 Å². The van der Waals surface area contributed by atoms with Gasteiger partial charge in [0.2, 0.25) is 0 Å². The Balaban J connectivity index is 0.944. The van der Waals surface area contributed by atoms with Crippen LogP contribution in [-0.4, -0.2) is 22.3 Å². The van der Waals surface area contributed by atoms with Crippen LogP contribution in [-0.2, 0) is 5.41 Å². The highest BCUT2D eigenvalue weighted by Crippen LogP contribution is 2.61. The van der Waals surface area contributed by atoms with Crippen LogP contribution < -0.4 is 14.5 Å². The minimum atomic E-state index is -0.00600. The van der Waals surface area contributed by atoms with Gasteiger partial charge in [-0.15, -0.1) is 0 Å². The molecule has 5 nitrogen and oxygen atoms in total. The van der Waals surface area contributed by atoms with Crippen molar-refractivity contribution < 1.29 is 4.74 Å². The van der Waals surface area contributed by atoms with E-state index in [-0.39, 0.29) is 17.3 Å². The van der Waals surface area contributed by atoms with Crippen molar-refractivity contribution in [3.05, 3.63) is 185 Å². The number of hydrogen-bond acceptors (Lipinski definition) is 4. The molecule has 1 aliphatic heterocycles. The minimum absolute atomic E-state index is 0.00600. The van der Waals surface area contributed by atoms with Crippen molar-refractivity contribution in [3.63, 3.8) is 0 Å². The Kier molecular flexibility index (Phi) is 7.53. The second-order valence-electron chi connectivity index (χ2n) is 20.8. The first-order valence-corrected chi connectivity index (χ1v) is 23.5. The normalized spacial score (nSPS) is 24.8. The molecule has 4 saturated carbocycles. The maximum Gasteiger partial charge on any atom is 0.137 e. The van der Waals surface area contributed by atoms with Crippen LogP contribution >= 0.6 is 0 Å². The molecule has 7 aliphatic carbocycles. The largest absolute Gasteiger partial charge is 0.457 e. The van der Waals surface area contributed by atoms with Gasteiger partial charge >= 0.3 is 0 Å². The van der Waals surface area contributed by atoms with E-state index < -0.39 is 0 Å². The molecule has 6 bridgehead atoms. The predicted molar refractivity (Wildman–Crippen MR) is 255 cm³/mol. The van der Waals surface area contributed by atoms with E-state index in [0.717, 1.165) is 58.7 Å². The zero-order valence-electron chi connectivity index (χ0n) is 36.3. The third-order valence-electron chi connectivity index (χ3n) is 16.3. The Morgan fingerprint density at radius 1 is 0.571 bits per heavy atom. The molecule has 0 spiro atoms. The van der Waals surface area contributed by atoms with E-state index >= 15 is 0 Å². The van der Waals surface area contributed by atoms with Crippen molar-refractivity contribution >= 4 is 38.9 Å². The van der Waals surface area contributed by atoms with E-state index in [1.165, 1.54) is 98.9 Å². The molecule has 5 heteroatoms. The van der Waals surface area contributed by atoms with Crippen LogP contribution in [0.1, 0.15) is 104 Å². The molecule has 16 rings (SSSR count). The van der Waals surface area contributed by atoms with Crippen LogP contribution in [0.2, 0.25) is 0 Å². The summed E-state index contributed by atoms with van der Waals surface area (Å²) < 4.78 is 9.79. The smallest absolute Gasteiger partial charge is 0.137 e. The van der Waals surface area contributed by atoms with Crippen LogP contribution in [0.5, 0.6) is 11.5 Å². The Bertz CT molecular complexity index is 3110. The van der Waals surface area contributed by atoms with Gasteiger partial charge in [-0.1, -0.05) is 99.6 Å². The molecule has 0 N–H and O–H groups in total. The highest BCUT2D eigenvalue weighted by atomic mass is 16.5. The van der Waals surface area contributed by atoms with Crippen molar-refractivity contribution in [1.82, 2.24) is 9.55 Å². The number of fused-ring (bicyclic) bond motifs is 4. The number of benzene rings is 6. The predicted octanol–water partition coefficient (Wildman–Crippen LogP) is 14.0. The maximum atomic E-state index is 7.47. The summed E-state index contributed by atoms with van der Waals surface area (Å²) in [6.07, 6.45) is 9.09. The summed E-state index contributed by atoms with van der Waals surface area (Å²) in [7, 11) is 0. The lowest BCUT2D eigenvalue weighted by Crippen LogP contribution is -2.56. The zero-order chi connectivity index (χ0) is 41.7. The quantitative estimate of drug-likeness (QED) is 0.173. The Morgan fingerprint density at radius 3 is 1.92 bits per heavy atom. The van der Waals surface area contributed by atoms with E-state index in [0.29, 0.717) is 6.04 Å². The van der Waals surface area contributed by atoms with Gasteiger partial charge in [0, 0.05) is 58.2 Å². The molecule has 0 atom stereocenters. The standard InChI is InChI=1S/C58H52N4O/c1-58(2,3)38-22-23-59-53(29-38)62-48-17-9-8-12-41(48)42-21-20-40(32-51(42)62)63-52-31-39(30-47-54-43-13-4-6-15-45(43)55(56(47)52)46-16-7-5-14-44(46)54)60-33-61(50-19-11-10-18-49(50)60)57-36-25-34-24-35(27-36)28-37(57)26-34/h4-23,29-32,34-37,54-55,57H,24-28,33H2,1-3H3. The second-order valence-corrected chi connectivity index (χ2v) is 20.8. The van der Waals surface area contributed by atoms with Crippen molar-refractivity contribution in [2.75, 3.05) is 16.5 Å². The van der Waals surface area contributed by atoms with E-state index in [1.807, 2.05) is 6.20 Å². The van der Waals surface area contributed by atoms with E-state index in [9.17, 15) is 0 Å². The third kappa shape index (κ3) is 5.26. The average molecular weight is 821 g/mol. The van der Waals surface area contributed by atoms with Gasteiger partial charge in [0.05, 0.1) is 29.1 Å². The lowest BCUT2D eigenvalue weighted by Gasteiger charge is -2.57. The molecule has 63 heavy (non-hydrogen) atoms. The summed E-state index contributed by atoms with van der Waals surface area (Å²) in [5.74, 6) is 6.41. The fourth-order valence-electron chi connectivity index (χ4n) is 14.0. The molecule has 3 heterocycles. The highest BCUT2D eigenvalue weighted by Gasteiger charge is 2.52. The summed E-state index contributed by atoms with van der Waals surface area (Å²) in [6, 6.07) is 52.9. The molecular weight excluding hydrogens is 769 g/mol. The maximum absolute atomic E-state index is 7.47. The van der Waals surface area contributed by atoms with Gasteiger partial charge < -0.3 is 14.5 Å². The fourth-order valence-corrected chi connectivity index (χ4v) is 14.0. The minimum Gasteiger partial charge on any atom is -0.457 e. The molecule has 4 fully saturated rings. The number of pyridine rings is 1. The van der Waals surface area contributed by atoms with Gasteiger partial charge in [-0.2, -0.15) is 0 Å². The first-order valence-electron chi connectivity index (χ1n) is 23.5. The Labute approximate surface area is 370 Å². The van der Waals surface area contributed by atoms with Gasteiger partial charge in [-0.05, 0) is 143 Å². The monoisotopic (exact) mass is 820 g/mol. The summed E-state index contributed by atoms with van der Waals surface area (Å²) >= 11 is 0. The summed E-state index contributed by atoms with van der Waals surface area (Å²) in [4.78, 5) is 10.4. The SMILES string of the molecule is CC(C)(C)c1ccnc(-n2c3ccccc3c3ccc(Oc4cc(N5CN(C6C7CC8CC(C7)CC6C8)c6ccccc65)cc5c4C4c6ccccc6C5c5ccccc54)cc32)c1. The molecule has 6 aromatic carbocycles. The first-order chi connectivity index (χ1) is 30.8. The number of nitrogens with zero attached hydrogens (tertiary/aromatic N) is 4. The molecule has 2 aromatic heterocycles. The molecule has 8 aromatic rings. The number of ether oxygens (including phenoxy) is 1. The topological polar surface area (TPSA) is 33.5 Å². The summed E-state index contributed by atoms with van der Waals surface area (Å²) in [6.45, 7) is 7.68. The second kappa shape index (κ2) is 13.1. The first kappa shape index (κ1) is 36.2. The van der Waals surface area contributed by atoms with Crippen molar-refractivity contribution in [2.24, 2.45) is 23.7 Å². The van der Waals surface area contributed by atoms with Crippen LogP contribution in [0.4, 0.5) is 17.1 Å². The molecule has 0 radical (unpaired) electrons. The third-order valence-corrected chi connectivity index (χ3v) is 16.3. The lowest BCUT2D eigenvalue weighted by molar-refractivity contribution is -0.00219. The molecule has 0 unspecified atom stereocenters. The van der Waals surface area contributed by atoms with Gasteiger partial charge in [0.1, 0.15) is 17.3 Å². The fraction of sp³-hybridized carbons (Fsp3) is 0.293. The van der Waals surface area contributed by atoms with Gasteiger partial charge in [-0.3, -0.25) is 4.57 Å². The van der Waals surface area contributed by atoms with Crippen molar-refractivity contribution in [2.45, 2.75) is 76.2 Å². The van der Waals surface area contributed by atoms with E-state index in [2.05, 4.69) is 175 Å². The molecule has 8 aliphatic rings. The number of aromatic nitrogens is 2. The Morgan fingerprint density at radius 2 is 1.21 bits per heavy atom. The van der Waals surface area contributed by atoms with Gasteiger partial charge in [0.15, 0.2) is 0 Å². The zero-order valence-corrected chi connectivity index (χ0v) is 36.3. The summed E-state index contributed by atoms with van der Waals surface area (Å²) in [5, 5.41) is 2.40. The summed E-state index contributed by atoms with van der Waals surface area (Å²) in [5.41, 5.74) is 15.7. The number of rotatable bonds is 5. The highest BCUT2D eigenvalue weighted by molar-refractivity contribution is 6.09.